The third kappa shape index (κ3) is 4.82. The normalized spacial score (nSPS) is 10.8. The molecule has 1 amide bonds. The Morgan fingerprint density at radius 2 is 1.92 bits per heavy atom. The molecule has 0 bridgehead atoms. The summed E-state index contributed by atoms with van der Waals surface area (Å²) in [6.45, 7) is 3.69. The molecule has 0 aliphatic carbocycles. The molecule has 0 saturated carbocycles. The van der Waals surface area contributed by atoms with Crippen molar-refractivity contribution in [3.63, 3.8) is 0 Å². The van der Waals surface area contributed by atoms with Crippen LogP contribution in [-0.4, -0.2) is 64.6 Å². The number of carboxylic acids is 1. The number of hydrogen-bond donors (Lipinski definition) is 1. The Balaban J connectivity index is 2.38. The maximum Gasteiger partial charge on any atom is 0.323 e. The van der Waals surface area contributed by atoms with Crippen molar-refractivity contribution in [1.82, 2.24) is 14.7 Å². The standard InChI is InChI=1S/C18H23N3O5/c1-13(2)20(12-16(22)23)18(24)17-15(26-10-9-25-3)11-21(19-17)14-7-5-4-6-8-14/h4-8,11,13H,9-10,12H2,1-3H3,(H,22,23). The summed E-state index contributed by atoms with van der Waals surface area (Å²) in [6.07, 6.45) is 1.61. The molecule has 0 saturated heterocycles. The molecule has 0 spiro atoms. The Hall–Kier alpha value is -2.87. The van der Waals surface area contributed by atoms with Crippen molar-refractivity contribution in [2.24, 2.45) is 0 Å². The van der Waals surface area contributed by atoms with E-state index in [9.17, 15) is 9.59 Å². The van der Waals surface area contributed by atoms with Gasteiger partial charge in [-0.05, 0) is 26.0 Å². The number of aliphatic carboxylic acids is 1. The van der Waals surface area contributed by atoms with Gasteiger partial charge in [0.15, 0.2) is 11.4 Å². The molecule has 0 radical (unpaired) electrons. The number of methoxy groups -OCH3 is 1. The van der Waals surface area contributed by atoms with Crippen molar-refractivity contribution in [1.29, 1.82) is 0 Å². The van der Waals surface area contributed by atoms with Crippen LogP contribution in [-0.2, 0) is 9.53 Å². The van der Waals surface area contributed by atoms with Gasteiger partial charge in [-0.25, -0.2) is 4.68 Å². The van der Waals surface area contributed by atoms with E-state index in [4.69, 9.17) is 14.6 Å². The molecular weight excluding hydrogens is 338 g/mol. The second-order valence-corrected chi connectivity index (χ2v) is 5.88. The van der Waals surface area contributed by atoms with Crippen LogP contribution in [0.5, 0.6) is 5.75 Å². The average Bonchev–Trinajstić information content (AvgIpc) is 3.04. The van der Waals surface area contributed by atoms with Gasteiger partial charge in [-0.3, -0.25) is 9.59 Å². The van der Waals surface area contributed by atoms with E-state index < -0.39 is 18.4 Å². The highest BCUT2D eigenvalue weighted by Gasteiger charge is 2.27. The minimum Gasteiger partial charge on any atom is -0.487 e. The minimum absolute atomic E-state index is 0.0694. The van der Waals surface area contributed by atoms with Crippen molar-refractivity contribution in [2.45, 2.75) is 19.9 Å². The molecule has 1 aromatic heterocycles. The average molecular weight is 361 g/mol. The van der Waals surface area contributed by atoms with Crippen LogP contribution in [0.25, 0.3) is 5.69 Å². The van der Waals surface area contributed by atoms with Crippen molar-refractivity contribution >= 4 is 11.9 Å². The third-order valence-corrected chi connectivity index (χ3v) is 3.64. The minimum atomic E-state index is -1.09. The molecule has 0 fully saturated rings. The predicted molar refractivity (Wildman–Crippen MR) is 94.7 cm³/mol. The summed E-state index contributed by atoms with van der Waals surface area (Å²) in [5.74, 6) is -1.30. The fourth-order valence-electron chi connectivity index (χ4n) is 2.33. The van der Waals surface area contributed by atoms with Crippen LogP contribution in [0.2, 0.25) is 0 Å². The lowest BCUT2D eigenvalue weighted by atomic mass is 10.2. The lowest BCUT2D eigenvalue weighted by Crippen LogP contribution is -2.41. The van der Waals surface area contributed by atoms with E-state index in [1.807, 2.05) is 30.3 Å². The molecule has 0 atom stereocenters. The summed E-state index contributed by atoms with van der Waals surface area (Å²) in [6, 6.07) is 8.98. The van der Waals surface area contributed by atoms with Crippen molar-refractivity contribution in [3.8, 4) is 11.4 Å². The molecule has 8 heteroatoms. The third-order valence-electron chi connectivity index (χ3n) is 3.64. The van der Waals surface area contributed by atoms with E-state index in [1.54, 1.807) is 27.2 Å². The number of hydrogen-bond acceptors (Lipinski definition) is 5. The summed E-state index contributed by atoms with van der Waals surface area (Å²) in [4.78, 5) is 25.2. The largest absolute Gasteiger partial charge is 0.487 e. The number of ether oxygens (including phenoxy) is 2. The molecule has 1 N–H and O–H groups in total. The van der Waals surface area contributed by atoms with Gasteiger partial charge in [0.05, 0.1) is 18.5 Å². The first-order valence-corrected chi connectivity index (χ1v) is 8.23. The van der Waals surface area contributed by atoms with Crippen molar-refractivity contribution in [2.75, 3.05) is 26.9 Å². The molecule has 1 aromatic carbocycles. The van der Waals surface area contributed by atoms with Gasteiger partial charge in [-0.2, -0.15) is 5.10 Å². The lowest BCUT2D eigenvalue weighted by Gasteiger charge is -2.24. The van der Waals surface area contributed by atoms with Crippen molar-refractivity contribution in [3.05, 3.63) is 42.2 Å². The molecule has 1 heterocycles. The van der Waals surface area contributed by atoms with E-state index in [0.29, 0.717) is 6.61 Å². The Bertz CT molecular complexity index is 743. The van der Waals surface area contributed by atoms with Gasteiger partial charge < -0.3 is 19.5 Å². The molecule has 2 aromatic rings. The molecule has 0 aliphatic rings. The summed E-state index contributed by atoms with van der Waals surface area (Å²) >= 11 is 0. The van der Waals surface area contributed by atoms with Gasteiger partial charge >= 0.3 is 5.97 Å². The molecule has 2 rings (SSSR count). The van der Waals surface area contributed by atoms with E-state index >= 15 is 0 Å². The first-order chi connectivity index (χ1) is 12.4. The van der Waals surface area contributed by atoms with E-state index in [0.717, 1.165) is 5.69 Å². The number of para-hydroxylation sites is 1. The fraction of sp³-hybridized carbons (Fsp3) is 0.389. The van der Waals surface area contributed by atoms with Crippen LogP contribution in [0.15, 0.2) is 36.5 Å². The number of aromatic nitrogens is 2. The molecule has 0 unspecified atom stereocenters. The van der Waals surface area contributed by atoms with Gasteiger partial charge in [0, 0.05) is 13.2 Å². The maximum atomic E-state index is 12.9. The van der Waals surface area contributed by atoms with Gasteiger partial charge in [0.2, 0.25) is 0 Å². The fourth-order valence-corrected chi connectivity index (χ4v) is 2.33. The first kappa shape index (κ1) is 19.5. The molecule has 26 heavy (non-hydrogen) atoms. The molecule has 140 valence electrons. The topological polar surface area (TPSA) is 93.9 Å². The van der Waals surface area contributed by atoms with Crippen LogP contribution in [0, 0.1) is 0 Å². The molecule has 8 nitrogen and oxygen atoms in total. The second kappa shape index (κ2) is 9.00. The van der Waals surface area contributed by atoms with Gasteiger partial charge in [-0.15, -0.1) is 0 Å². The highest BCUT2D eigenvalue weighted by molar-refractivity contribution is 5.96. The zero-order chi connectivity index (χ0) is 19.1. The van der Waals surface area contributed by atoms with E-state index in [-0.39, 0.29) is 24.1 Å². The van der Waals surface area contributed by atoms with Crippen molar-refractivity contribution < 1.29 is 24.2 Å². The Morgan fingerprint density at radius 3 is 2.50 bits per heavy atom. The zero-order valence-corrected chi connectivity index (χ0v) is 15.1. The Kier molecular flexibility index (Phi) is 6.74. The SMILES string of the molecule is COCCOc1cn(-c2ccccc2)nc1C(=O)N(CC(=O)O)C(C)C. The van der Waals surface area contributed by atoms with Crippen LogP contribution in [0.4, 0.5) is 0 Å². The second-order valence-electron chi connectivity index (χ2n) is 5.88. The molecular formula is C18H23N3O5. The monoisotopic (exact) mass is 361 g/mol. The quantitative estimate of drug-likeness (QED) is 0.685. The highest BCUT2D eigenvalue weighted by Crippen LogP contribution is 2.22. The van der Waals surface area contributed by atoms with Crippen LogP contribution >= 0.6 is 0 Å². The zero-order valence-electron chi connectivity index (χ0n) is 15.1. The number of amides is 1. The summed E-state index contributed by atoms with van der Waals surface area (Å²) in [5, 5.41) is 13.4. The number of carbonyl (C=O) groups is 2. The van der Waals surface area contributed by atoms with Gasteiger partial charge in [-0.1, -0.05) is 18.2 Å². The summed E-state index contributed by atoms with van der Waals surface area (Å²) in [7, 11) is 1.55. The summed E-state index contributed by atoms with van der Waals surface area (Å²) < 4.78 is 12.1. The number of benzene rings is 1. The van der Waals surface area contributed by atoms with Gasteiger partial charge in [0.1, 0.15) is 13.2 Å². The number of rotatable bonds is 9. The van der Waals surface area contributed by atoms with Gasteiger partial charge in [0.25, 0.3) is 5.91 Å². The Morgan fingerprint density at radius 1 is 1.23 bits per heavy atom. The number of carboxylic acid groups (broad SMARTS) is 1. The van der Waals surface area contributed by atoms with Crippen LogP contribution in [0.1, 0.15) is 24.3 Å². The van der Waals surface area contributed by atoms with Crippen LogP contribution < -0.4 is 4.74 Å². The van der Waals surface area contributed by atoms with Crippen LogP contribution in [0.3, 0.4) is 0 Å². The number of nitrogens with zero attached hydrogens (tertiary/aromatic N) is 3. The number of carbonyl (C=O) groups excluding carboxylic acids is 1. The lowest BCUT2D eigenvalue weighted by molar-refractivity contribution is -0.138. The summed E-state index contributed by atoms with van der Waals surface area (Å²) in [5.41, 5.74) is 0.831. The first-order valence-electron chi connectivity index (χ1n) is 8.23. The smallest absolute Gasteiger partial charge is 0.323 e. The predicted octanol–water partition coefficient (Wildman–Crippen LogP) is 1.83. The highest BCUT2D eigenvalue weighted by atomic mass is 16.5. The maximum absolute atomic E-state index is 12.9. The van der Waals surface area contributed by atoms with E-state index in [1.165, 1.54) is 9.58 Å². The molecule has 0 aliphatic heterocycles. The van der Waals surface area contributed by atoms with E-state index in [2.05, 4.69) is 5.10 Å². The Labute approximate surface area is 151 Å².